The molecule has 6 heteroatoms. The van der Waals surface area contributed by atoms with Crippen molar-refractivity contribution in [1.82, 2.24) is 20.1 Å². The van der Waals surface area contributed by atoms with Crippen LogP contribution in [0.1, 0.15) is 34.5 Å². The molecule has 1 heterocycles. The average Bonchev–Trinajstić information content (AvgIpc) is 3.16. The number of amides is 1. The first-order valence-electron chi connectivity index (χ1n) is 7.99. The summed E-state index contributed by atoms with van der Waals surface area (Å²) in [6.45, 7) is 3.90. The van der Waals surface area contributed by atoms with Gasteiger partial charge in [0.25, 0.3) is 5.91 Å². The summed E-state index contributed by atoms with van der Waals surface area (Å²) in [5, 5.41) is 7.11. The van der Waals surface area contributed by atoms with Gasteiger partial charge in [-0.15, -0.1) is 0 Å². The normalized spacial score (nSPS) is 11.8. The third-order valence-electron chi connectivity index (χ3n) is 4.02. The van der Waals surface area contributed by atoms with Gasteiger partial charge in [-0.2, -0.15) is 5.10 Å². The number of hydrogen-bond donors (Lipinski definition) is 1. The van der Waals surface area contributed by atoms with Gasteiger partial charge in [0.2, 0.25) is 0 Å². The Morgan fingerprint density at radius 2 is 1.96 bits per heavy atom. The molecular weight excluding hydrogens is 316 g/mol. The number of aromatic nitrogens is 3. The maximum atomic E-state index is 12.6. The Kier molecular flexibility index (Phi) is 4.79. The molecule has 0 spiro atoms. The van der Waals surface area contributed by atoms with E-state index in [1.165, 1.54) is 6.33 Å². The lowest BCUT2D eigenvalue weighted by Crippen LogP contribution is -2.27. The highest BCUT2D eigenvalue weighted by Gasteiger charge is 2.16. The average molecular weight is 336 g/mol. The highest BCUT2D eigenvalue weighted by atomic mass is 16.5. The Bertz CT molecular complexity index is 858. The number of hydrogen-bond acceptors (Lipinski definition) is 4. The summed E-state index contributed by atoms with van der Waals surface area (Å²) in [4.78, 5) is 16.5. The largest absolute Gasteiger partial charge is 0.496 e. The second-order valence-electron chi connectivity index (χ2n) is 5.83. The minimum absolute atomic E-state index is 0.137. The Hall–Kier alpha value is -3.15. The predicted molar refractivity (Wildman–Crippen MR) is 95.0 cm³/mol. The summed E-state index contributed by atoms with van der Waals surface area (Å²) < 4.78 is 6.97. The first-order chi connectivity index (χ1) is 12.1. The zero-order chi connectivity index (χ0) is 17.8. The first-order valence-corrected chi connectivity index (χ1v) is 7.99. The van der Waals surface area contributed by atoms with Gasteiger partial charge in [-0.1, -0.05) is 23.8 Å². The van der Waals surface area contributed by atoms with Crippen molar-refractivity contribution in [2.45, 2.75) is 19.9 Å². The number of aryl methyl sites for hydroxylation is 1. The zero-order valence-electron chi connectivity index (χ0n) is 14.4. The van der Waals surface area contributed by atoms with Gasteiger partial charge in [-0.25, -0.2) is 9.67 Å². The van der Waals surface area contributed by atoms with Gasteiger partial charge >= 0.3 is 0 Å². The fourth-order valence-electron chi connectivity index (χ4n) is 2.61. The van der Waals surface area contributed by atoms with Crippen LogP contribution in [0.4, 0.5) is 0 Å². The topological polar surface area (TPSA) is 69.0 Å². The van der Waals surface area contributed by atoms with E-state index in [9.17, 15) is 4.79 Å². The molecule has 25 heavy (non-hydrogen) atoms. The number of methoxy groups -OCH3 is 1. The standard InChI is InChI=1S/C19H20N4O2/c1-13-4-9-18(25-3)17(10-13)19(24)22-14(2)15-5-7-16(8-6-15)23-12-20-11-21-23/h4-12,14H,1-3H3,(H,22,24)/t14-/m1/s1. The van der Waals surface area contributed by atoms with Crippen LogP contribution in [0.25, 0.3) is 5.69 Å². The summed E-state index contributed by atoms with van der Waals surface area (Å²) in [6.07, 6.45) is 3.14. The Morgan fingerprint density at radius 3 is 2.60 bits per heavy atom. The summed E-state index contributed by atoms with van der Waals surface area (Å²) in [5.41, 5.74) is 3.47. The molecule has 6 nitrogen and oxygen atoms in total. The van der Waals surface area contributed by atoms with Crippen molar-refractivity contribution >= 4 is 5.91 Å². The highest BCUT2D eigenvalue weighted by Crippen LogP contribution is 2.21. The van der Waals surface area contributed by atoms with Crippen LogP contribution in [-0.4, -0.2) is 27.8 Å². The van der Waals surface area contributed by atoms with Crippen LogP contribution < -0.4 is 10.1 Å². The monoisotopic (exact) mass is 336 g/mol. The molecule has 1 aromatic heterocycles. The van der Waals surface area contributed by atoms with Crippen molar-refractivity contribution in [1.29, 1.82) is 0 Å². The molecule has 0 unspecified atom stereocenters. The van der Waals surface area contributed by atoms with Gasteiger partial charge in [0.15, 0.2) is 0 Å². The van der Waals surface area contributed by atoms with E-state index in [0.29, 0.717) is 11.3 Å². The quantitative estimate of drug-likeness (QED) is 0.777. The second-order valence-corrected chi connectivity index (χ2v) is 5.83. The summed E-state index contributed by atoms with van der Waals surface area (Å²) in [5.74, 6) is 0.408. The van der Waals surface area contributed by atoms with E-state index in [2.05, 4.69) is 15.4 Å². The maximum Gasteiger partial charge on any atom is 0.255 e. The third kappa shape index (κ3) is 3.68. The number of rotatable bonds is 5. The van der Waals surface area contributed by atoms with Gasteiger partial charge in [-0.3, -0.25) is 4.79 Å². The summed E-state index contributed by atoms with van der Waals surface area (Å²) >= 11 is 0. The van der Waals surface area contributed by atoms with Crippen LogP contribution in [-0.2, 0) is 0 Å². The minimum atomic E-state index is -0.159. The number of nitrogens with one attached hydrogen (secondary N) is 1. The lowest BCUT2D eigenvalue weighted by molar-refractivity contribution is 0.0936. The van der Waals surface area contributed by atoms with Gasteiger partial charge in [-0.05, 0) is 43.7 Å². The molecule has 0 saturated heterocycles. The molecule has 3 rings (SSSR count). The number of benzene rings is 2. The molecule has 0 saturated carbocycles. The molecule has 3 aromatic rings. The predicted octanol–water partition coefficient (Wildman–Crippen LogP) is 3.08. The lowest BCUT2D eigenvalue weighted by atomic mass is 10.1. The number of ether oxygens (including phenoxy) is 1. The molecule has 0 radical (unpaired) electrons. The summed E-state index contributed by atoms with van der Waals surface area (Å²) in [6, 6.07) is 13.2. The van der Waals surface area contributed by atoms with Gasteiger partial charge < -0.3 is 10.1 Å². The van der Waals surface area contributed by atoms with E-state index >= 15 is 0 Å². The molecule has 2 aromatic carbocycles. The van der Waals surface area contributed by atoms with Crippen molar-refractivity contribution in [3.8, 4) is 11.4 Å². The molecule has 128 valence electrons. The van der Waals surface area contributed by atoms with E-state index in [4.69, 9.17) is 4.74 Å². The minimum Gasteiger partial charge on any atom is -0.496 e. The van der Waals surface area contributed by atoms with Crippen LogP contribution in [0, 0.1) is 6.92 Å². The molecule has 1 atom stereocenters. The maximum absolute atomic E-state index is 12.6. The van der Waals surface area contributed by atoms with Crippen molar-refractivity contribution in [3.63, 3.8) is 0 Å². The molecule has 0 bridgehead atoms. The third-order valence-corrected chi connectivity index (χ3v) is 4.02. The molecule has 1 amide bonds. The van der Waals surface area contributed by atoms with E-state index in [-0.39, 0.29) is 11.9 Å². The van der Waals surface area contributed by atoms with E-state index in [1.54, 1.807) is 18.1 Å². The number of nitrogens with zero attached hydrogens (tertiary/aromatic N) is 3. The van der Waals surface area contributed by atoms with Crippen LogP contribution in [0.3, 0.4) is 0 Å². The van der Waals surface area contributed by atoms with Gasteiger partial charge in [0.05, 0.1) is 24.4 Å². The van der Waals surface area contributed by atoms with Gasteiger partial charge in [0.1, 0.15) is 18.4 Å². The number of carbonyl (C=O) groups excluding carboxylic acids is 1. The van der Waals surface area contributed by atoms with Crippen LogP contribution in [0.15, 0.2) is 55.1 Å². The van der Waals surface area contributed by atoms with Crippen molar-refractivity contribution in [2.75, 3.05) is 7.11 Å². The van der Waals surface area contributed by atoms with Crippen LogP contribution in [0.5, 0.6) is 5.75 Å². The smallest absolute Gasteiger partial charge is 0.255 e. The number of carbonyl (C=O) groups is 1. The lowest BCUT2D eigenvalue weighted by Gasteiger charge is -2.16. The fraction of sp³-hybridized carbons (Fsp3) is 0.211. The first kappa shape index (κ1) is 16.7. The Balaban J connectivity index is 1.74. The van der Waals surface area contributed by atoms with Crippen molar-refractivity contribution < 1.29 is 9.53 Å². The fourth-order valence-corrected chi connectivity index (χ4v) is 2.61. The molecule has 0 aliphatic rings. The summed E-state index contributed by atoms with van der Waals surface area (Å²) in [7, 11) is 1.56. The van der Waals surface area contributed by atoms with Gasteiger partial charge in [0, 0.05) is 0 Å². The molecule has 1 N–H and O–H groups in total. The highest BCUT2D eigenvalue weighted by molar-refractivity contribution is 5.97. The van der Waals surface area contributed by atoms with Crippen LogP contribution >= 0.6 is 0 Å². The Labute approximate surface area is 146 Å². The Morgan fingerprint density at radius 1 is 1.20 bits per heavy atom. The molecule has 0 aliphatic carbocycles. The van der Waals surface area contributed by atoms with Crippen molar-refractivity contribution in [3.05, 3.63) is 71.8 Å². The van der Waals surface area contributed by atoms with Crippen LogP contribution in [0.2, 0.25) is 0 Å². The van der Waals surface area contributed by atoms with E-state index < -0.39 is 0 Å². The zero-order valence-corrected chi connectivity index (χ0v) is 14.4. The van der Waals surface area contributed by atoms with E-state index in [0.717, 1.165) is 16.8 Å². The molecular formula is C19H20N4O2. The van der Waals surface area contributed by atoms with E-state index in [1.807, 2.05) is 56.3 Å². The molecule has 0 fully saturated rings. The molecule has 0 aliphatic heterocycles. The second kappa shape index (κ2) is 7.17. The van der Waals surface area contributed by atoms with Crippen molar-refractivity contribution in [2.24, 2.45) is 0 Å². The SMILES string of the molecule is COc1ccc(C)cc1C(=O)N[C@H](C)c1ccc(-n2cncn2)cc1.